The molecule has 1 aromatic heterocycles. The average molecular weight is 230 g/mol. The van der Waals surface area contributed by atoms with Gasteiger partial charge in [0.15, 0.2) is 0 Å². The van der Waals surface area contributed by atoms with Gasteiger partial charge in [0, 0.05) is 11.1 Å². The third-order valence-corrected chi connectivity index (χ3v) is 2.24. The Balaban J connectivity index is 2.38. The molecule has 0 aliphatic carbocycles. The number of H-pyrrole nitrogens is 1. The van der Waals surface area contributed by atoms with Crippen molar-refractivity contribution in [3.05, 3.63) is 20.7 Å². The molecular formula is C7H10N4O3S. The molecule has 1 aromatic rings. The summed E-state index contributed by atoms with van der Waals surface area (Å²) in [5.74, 6) is -0.538. The molecule has 1 heterocycles. The maximum Gasteiger partial charge on any atom is 0.304 e. The number of nitrogens with one attached hydrogen (secondary N) is 2. The van der Waals surface area contributed by atoms with Gasteiger partial charge in [-0.2, -0.15) is 0 Å². The molecule has 1 amide bonds. The van der Waals surface area contributed by atoms with Crippen LogP contribution >= 0.6 is 11.3 Å². The monoisotopic (exact) mass is 230 g/mol. The largest absolute Gasteiger partial charge is 0.409 e. The summed E-state index contributed by atoms with van der Waals surface area (Å²) < 4.78 is 0. The average Bonchev–Trinajstić information content (AvgIpc) is 2.61. The second-order valence-corrected chi connectivity index (χ2v) is 3.56. The van der Waals surface area contributed by atoms with E-state index in [0.717, 1.165) is 11.3 Å². The number of nitrogens with two attached hydrogens (primary N) is 1. The first-order valence-electron chi connectivity index (χ1n) is 4.01. The van der Waals surface area contributed by atoms with Crippen LogP contribution in [0.25, 0.3) is 0 Å². The summed E-state index contributed by atoms with van der Waals surface area (Å²) in [7, 11) is 0. The molecule has 0 saturated carbocycles. The molecule has 0 aliphatic heterocycles. The van der Waals surface area contributed by atoms with Crippen LogP contribution < -0.4 is 15.9 Å². The molecule has 0 atom stereocenters. The van der Waals surface area contributed by atoms with Crippen molar-refractivity contribution in [3.63, 3.8) is 0 Å². The van der Waals surface area contributed by atoms with Gasteiger partial charge < -0.3 is 21.2 Å². The highest BCUT2D eigenvalue weighted by atomic mass is 32.1. The fraction of sp³-hybridized carbons (Fsp3) is 0.286. The highest BCUT2D eigenvalue weighted by Crippen LogP contribution is 1.94. The van der Waals surface area contributed by atoms with Crippen molar-refractivity contribution in [2.75, 3.05) is 0 Å². The molecule has 0 saturated heterocycles. The number of carbonyl (C=O) groups is 1. The van der Waals surface area contributed by atoms with E-state index < -0.39 is 0 Å². The molecule has 8 heteroatoms. The Kier molecular flexibility index (Phi) is 3.86. The Morgan fingerprint density at radius 1 is 1.73 bits per heavy atom. The number of nitrogens with zero attached hydrogens (tertiary/aromatic N) is 1. The Morgan fingerprint density at radius 2 is 2.47 bits per heavy atom. The topological polar surface area (TPSA) is 121 Å². The molecule has 15 heavy (non-hydrogen) atoms. The lowest BCUT2D eigenvalue weighted by molar-refractivity contribution is -0.120. The van der Waals surface area contributed by atoms with Gasteiger partial charge in [-0.1, -0.05) is 16.5 Å². The molecule has 1 rings (SSSR count). The zero-order valence-electron chi connectivity index (χ0n) is 7.69. The molecule has 0 bridgehead atoms. The number of amides is 1. The predicted octanol–water partition coefficient (Wildman–Crippen LogP) is -0.811. The predicted molar refractivity (Wildman–Crippen MR) is 54.8 cm³/mol. The van der Waals surface area contributed by atoms with Gasteiger partial charge in [-0.05, 0) is 0 Å². The fourth-order valence-electron chi connectivity index (χ4n) is 0.857. The van der Waals surface area contributed by atoms with Gasteiger partial charge in [-0.25, -0.2) is 0 Å². The number of oxime groups is 1. The van der Waals surface area contributed by atoms with E-state index in [4.69, 9.17) is 10.9 Å². The lowest BCUT2D eigenvalue weighted by Crippen LogP contribution is -2.28. The van der Waals surface area contributed by atoms with E-state index in [-0.39, 0.29) is 29.6 Å². The number of hydrogen-bond donors (Lipinski definition) is 4. The van der Waals surface area contributed by atoms with Crippen LogP contribution in [0.15, 0.2) is 15.3 Å². The first kappa shape index (κ1) is 11.2. The van der Waals surface area contributed by atoms with Crippen molar-refractivity contribution in [1.82, 2.24) is 10.3 Å². The van der Waals surface area contributed by atoms with E-state index in [0.29, 0.717) is 5.69 Å². The summed E-state index contributed by atoms with van der Waals surface area (Å²) in [4.78, 5) is 24.2. The number of aromatic amines is 1. The normalized spacial score (nSPS) is 11.3. The van der Waals surface area contributed by atoms with Crippen LogP contribution in [-0.2, 0) is 11.3 Å². The standard InChI is InChI=1S/C7H10N4O3S/c8-5(11-14)1-6(12)9-2-4-3-15-7(13)10-4/h3,14H,1-2H2,(H2,8,11)(H,9,12)(H,10,13). The van der Waals surface area contributed by atoms with Crippen molar-refractivity contribution in [3.8, 4) is 0 Å². The summed E-state index contributed by atoms with van der Waals surface area (Å²) in [6.07, 6.45) is -0.176. The molecular weight excluding hydrogens is 220 g/mol. The van der Waals surface area contributed by atoms with Crippen LogP contribution in [0.4, 0.5) is 0 Å². The third kappa shape index (κ3) is 3.81. The molecule has 7 nitrogen and oxygen atoms in total. The van der Waals surface area contributed by atoms with Crippen LogP contribution in [0.5, 0.6) is 0 Å². The summed E-state index contributed by atoms with van der Waals surface area (Å²) in [6.45, 7) is 0.219. The first-order chi connectivity index (χ1) is 7.11. The SMILES string of the molecule is NC(CC(=O)NCc1csc(=O)[nH]1)=NO. The quantitative estimate of drug-likeness (QED) is 0.234. The van der Waals surface area contributed by atoms with Crippen LogP contribution in [0, 0.1) is 0 Å². The number of hydrogen-bond acceptors (Lipinski definition) is 5. The van der Waals surface area contributed by atoms with Crippen molar-refractivity contribution in [2.24, 2.45) is 10.9 Å². The smallest absolute Gasteiger partial charge is 0.304 e. The maximum absolute atomic E-state index is 11.1. The van der Waals surface area contributed by atoms with Crippen LogP contribution in [0.2, 0.25) is 0 Å². The van der Waals surface area contributed by atoms with Crippen molar-refractivity contribution in [2.45, 2.75) is 13.0 Å². The summed E-state index contributed by atoms with van der Waals surface area (Å²) in [6, 6.07) is 0. The van der Waals surface area contributed by atoms with Crippen molar-refractivity contribution >= 4 is 23.1 Å². The minimum atomic E-state index is -0.377. The maximum atomic E-state index is 11.1. The molecule has 0 fully saturated rings. The summed E-state index contributed by atoms with van der Waals surface area (Å²) in [5, 5.41) is 15.0. The third-order valence-electron chi connectivity index (χ3n) is 1.52. The fourth-order valence-corrected chi connectivity index (χ4v) is 1.44. The lowest BCUT2D eigenvalue weighted by atomic mass is 10.3. The zero-order valence-corrected chi connectivity index (χ0v) is 8.50. The second-order valence-electron chi connectivity index (χ2n) is 2.72. The van der Waals surface area contributed by atoms with E-state index in [2.05, 4.69) is 15.5 Å². The van der Waals surface area contributed by atoms with Crippen LogP contribution in [-0.4, -0.2) is 21.9 Å². The molecule has 0 aliphatic rings. The van der Waals surface area contributed by atoms with Crippen molar-refractivity contribution < 1.29 is 10.0 Å². The Hall–Kier alpha value is -1.83. The van der Waals surface area contributed by atoms with Crippen LogP contribution in [0.3, 0.4) is 0 Å². The minimum absolute atomic E-state index is 0.161. The molecule has 0 radical (unpaired) electrons. The van der Waals surface area contributed by atoms with Gasteiger partial charge in [0.05, 0.1) is 13.0 Å². The summed E-state index contributed by atoms with van der Waals surface area (Å²) in [5.41, 5.74) is 5.75. The highest BCUT2D eigenvalue weighted by Gasteiger charge is 2.05. The Bertz CT molecular complexity index is 422. The van der Waals surface area contributed by atoms with E-state index in [1.165, 1.54) is 0 Å². The van der Waals surface area contributed by atoms with Gasteiger partial charge in [0.2, 0.25) is 5.91 Å². The van der Waals surface area contributed by atoms with Crippen LogP contribution in [0.1, 0.15) is 12.1 Å². The molecule has 0 unspecified atom stereocenters. The number of aromatic nitrogens is 1. The van der Waals surface area contributed by atoms with Gasteiger partial charge in [-0.15, -0.1) is 0 Å². The van der Waals surface area contributed by atoms with E-state index in [1.807, 2.05) is 0 Å². The Labute approximate surface area is 88.6 Å². The first-order valence-corrected chi connectivity index (χ1v) is 4.89. The highest BCUT2D eigenvalue weighted by molar-refractivity contribution is 7.07. The van der Waals surface area contributed by atoms with Gasteiger partial charge >= 0.3 is 4.87 Å². The number of thiazole rings is 1. The molecule has 5 N–H and O–H groups in total. The molecule has 0 spiro atoms. The van der Waals surface area contributed by atoms with Gasteiger partial charge in [0.1, 0.15) is 5.84 Å². The molecule has 0 aromatic carbocycles. The van der Waals surface area contributed by atoms with Gasteiger partial charge in [0.25, 0.3) is 0 Å². The lowest BCUT2D eigenvalue weighted by Gasteiger charge is -2.01. The molecule has 82 valence electrons. The van der Waals surface area contributed by atoms with E-state index >= 15 is 0 Å². The Morgan fingerprint density at radius 3 is 3.00 bits per heavy atom. The van der Waals surface area contributed by atoms with Crippen molar-refractivity contribution in [1.29, 1.82) is 0 Å². The minimum Gasteiger partial charge on any atom is -0.409 e. The van der Waals surface area contributed by atoms with Gasteiger partial charge in [-0.3, -0.25) is 9.59 Å². The second kappa shape index (κ2) is 5.15. The number of rotatable bonds is 4. The summed E-state index contributed by atoms with van der Waals surface area (Å²) >= 11 is 1.02. The van der Waals surface area contributed by atoms with E-state index in [1.54, 1.807) is 5.38 Å². The van der Waals surface area contributed by atoms with E-state index in [9.17, 15) is 9.59 Å². The zero-order chi connectivity index (χ0) is 11.3. The number of carbonyl (C=O) groups excluding carboxylic acids is 1. The number of amidine groups is 1.